The Kier molecular flexibility index (Phi) is 3.53. The van der Waals surface area contributed by atoms with Crippen LogP contribution in [-0.2, 0) is 6.54 Å². The number of nitrogens with one attached hydrogen (secondary N) is 1. The Morgan fingerprint density at radius 1 is 1.47 bits per heavy atom. The van der Waals surface area contributed by atoms with Crippen LogP contribution in [0.1, 0.15) is 16.1 Å². The molecule has 2 aromatic rings. The molecule has 1 heterocycles. The highest BCUT2D eigenvalue weighted by atomic mass is 79.9. The van der Waals surface area contributed by atoms with Crippen LogP contribution in [0.3, 0.4) is 0 Å². The lowest BCUT2D eigenvalue weighted by Gasteiger charge is -2.05. The Morgan fingerprint density at radius 3 is 3.00 bits per heavy atom. The van der Waals surface area contributed by atoms with Crippen LogP contribution >= 0.6 is 15.9 Å². The Bertz CT molecular complexity index is 528. The molecule has 0 aliphatic rings. The van der Waals surface area contributed by atoms with E-state index in [4.69, 9.17) is 4.52 Å². The van der Waals surface area contributed by atoms with Crippen molar-refractivity contribution in [1.29, 1.82) is 0 Å². The molecule has 0 fully saturated rings. The molecule has 1 N–H and O–H groups in total. The van der Waals surface area contributed by atoms with Crippen molar-refractivity contribution in [2.75, 3.05) is 0 Å². The number of hydrogen-bond donors (Lipinski definition) is 1. The predicted molar refractivity (Wildman–Crippen MR) is 61.8 cm³/mol. The molecule has 4 nitrogen and oxygen atoms in total. The summed E-state index contributed by atoms with van der Waals surface area (Å²) in [4.78, 5) is 11.7. The molecule has 0 saturated heterocycles. The summed E-state index contributed by atoms with van der Waals surface area (Å²) in [6.45, 7) is 0.210. The molecule has 0 aliphatic heterocycles. The van der Waals surface area contributed by atoms with Crippen LogP contribution < -0.4 is 5.32 Å². The van der Waals surface area contributed by atoms with Crippen molar-refractivity contribution in [3.8, 4) is 0 Å². The minimum atomic E-state index is -0.475. The van der Waals surface area contributed by atoms with E-state index in [2.05, 4.69) is 26.4 Å². The minimum absolute atomic E-state index is 0.148. The largest absolute Gasteiger partial charge is 0.360 e. The lowest BCUT2D eigenvalue weighted by atomic mass is 10.2. The van der Waals surface area contributed by atoms with Gasteiger partial charge in [-0.2, -0.15) is 0 Å². The first-order valence-corrected chi connectivity index (χ1v) is 5.59. The molecular weight excluding hydrogens is 291 g/mol. The quantitative estimate of drug-likeness (QED) is 0.947. The first kappa shape index (κ1) is 11.8. The van der Waals surface area contributed by atoms with Gasteiger partial charge in [-0.25, -0.2) is 4.39 Å². The summed E-state index contributed by atoms with van der Waals surface area (Å²) in [5.41, 5.74) is 0.240. The van der Waals surface area contributed by atoms with Crippen molar-refractivity contribution in [3.05, 3.63) is 52.1 Å². The lowest BCUT2D eigenvalue weighted by Crippen LogP contribution is -2.23. The number of hydrogen-bond acceptors (Lipinski definition) is 3. The van der Waals surface area contributed by atoms with Crippen LogP contribution in [0, 0.1) is 5.82 Å². The normalized spacial score (nSPS) is 10.2. The van der Waals surface area contributed by atoms with E-state index >= 15 is 0 Å². The SMILES string of the molecule is O=C(NCc1ccno1)c1cccc(F)c1Br. The fourth-order valence-corrected chi connectivity index (χ4v) is 1.72. The highest BCUT2D eigenvalue weighted by Gasteiger charge is 2.12. The first-order chi connectivity index (χ1) is 8.18. The van der Waals surface area contributed by atoms with E-state index in [-0.39, 0.29) is 22.5 Å². The second-order valence-corrected chi connectivity index (χ2v) is 4.06. The molecule has 0 saturated carbocycles. The molecular formula is C11H8BrFN2O2. The molecule has 0 unspecified atom stereocenters. The third-order valence-corrected chi connectivity index (χ3v) is 2.92. The Morgan fingerprint density at radius 2 is 2.29 bits per heavy atom. The monoisotopic (exact) mass is 298 g/mol. The van der Waals surface area contributed by atoms with Crippen LogP contribution in [0.5, 0.6) is 0 Å². The van der Waals surface area contributed by atoms with E-state index < -0.39 is 5.82 Å². The molecule has 0 aliphatic carbocycles. The third kappa shape index (κ3) is 2.71. The van der Waals surface area contributed by atoms with E-state index in [1.165, 1.54) is 24.4 Å². The molecule has 0 atom stereocenters. The van der Waals surface area contributed by atoms with Crippen molar-refractivity contribution >= 4 is 21.8 Å². The van der Waals surface area contributed by atoms with E-state index in [0.29, 0.717) is 5.76 Å². The number of rotatable bonds is 3. The number of aromatic nitrogens is 1. The van der Waals surface area contributed by atoms with Gasteiger partial charge < -0.3 is 9.84 Å². The zero-order chi connectivity index (χ0) is 12.3. The maximum absolute atomic E-state index is 13.2. The van der Waals surface area contributed by atoms with Crippen LogP contribution in [-0.4, -0.2) is 11.1 Å². The smallest absolute Gasteiger partial charge is 0.252 e. The third-order valence-electron chi connectivity index (χ3n) is 2.11. The maximum Gasteiger partial charge on any atom is 0.252 e. The summed E-state index contributed by atoms with van der Waals surface area (Å²) in [6.07, 6.45) is 1.49. The molecule has 17 heavy (non-hydrogen) atoms. The molecule has 6 heteroatoms. The summed E-state index contributed by atoms with van der Waals surface area (Å²) in [7, 11) is 0. The number of amides is 1. The van der Waals surface area contributed by atoms with Gasteiger partial charge in [-0.1, -0.05) is 11.2 Å². The van der Waals surface area contributed by atoms with Crippen LogP contribution in [0.25, 0.3) is 0 Å². The minimum Gasteiger partial charge on any atom is -0.360 e. The van der Waals surface area contributed by atoms with Gasteiger partial charge in [0.05, 0.1) is 22.8 Å². The number of halogens is 2. The van der Waals surface area contributed by atoms with Crippen LogP contribution in [0.2, 0.25) is 0 Å². The van der Waals surface area contributed by atoms with Gasteiger partial charge in [0.1, 0.15) is 5.82 Å². The van der Waals surface area contributed by atoms with Gasteiger partial charge in [0.25, 0.3) is 5.91 Å². The van der Waals surface area contributed by atoms with Crippen molar-refractivity contribution in [1.82, 2.24) is 10.5 Å². The summed E-state index contributed by atoms with van der Waals surface area (Å²) >= 11 is 3.03. The van der Waals surface area contributed by atoms with Gasteiger partial charge in [-0.15, -0.1) is 0 Å². The number of nitrogens with zero attached hydrogens (tertiary/aromatic N) is 1. The summed E-state index contributed by atoms with van der Waals surface area (Å²) in [6, 6.07) is 5.92. The van der Waals surface area contributed by atoms with Crippen LogP contribution in [0.15, 0.2) is 39.5 Å². The highest BCUT2D eigenvalue weighted by molar-refractivity contribution is 9.10. The maximum atomic E-state index is 13.2. The summed E-state index contributed by atoms with van der Waals surface area (Å²) < 4.78 is 18.2. The average Bonchev–Trinajstić information content (AvgIpc) is 2.82. The van der Waals surface area contributed by atoms with E-state index in [1.54, 1.807) is 6.07 Å². The average molecular weight is 299 g/mol. The van der Waals surface area contributed by atoms with E-state index in [1.807, 2.05) is 0 Å². The summed E-state index contributed by atoms with van der Waals surface area (Å²) in [5.74, 6) is -0.323. The Hall–Kier alpha value is -1.69. The number of carbonyl (C=O) groups is 1. The van der Waals surface area contributed by atoms with Gasteiger partial charge >= 0.3 is 0 Å². The highest BCUT2D eigenvalue weighted by Crippen LogP contribution is 2.20. The zero-order valence-electron chi connectivity index (χ0n) is 8.61. The van der Waals surface area contributed by atoms with Gasteiger partial charge in [0.2, 0.25) is 0 Å². The molecule has 0 spiro atoms. The van der Waals surface area contributed by atoms with E-state index in [9.17, 15) is 9.18 Å². The fraction of sp³-hybridized carbons (Fsp3) is 0.0909. The standard InChI is InChI=1S/C11H8BrFN2O2/c12-10-8(2-1-3-9(10)13)11(16)14-6-7-4-5-15-17-7/h1-5H,6H2,(H,14,16). The van der Waals surface area contributed by atoms with Gasteiger partial charge in [-0.3, -0.25) is 4.79 Å². The van der Waals surface area contributed by atoms with Crippen LogP contribution in [0.4, 0.5) is 4.39 Å². The second-order valence-electron chi connectivity index (χ2n) is 3.26. The fourth-order valence-electron chi connectivity index (χ4n) is 1.28. The zero-order valence-corrected chi connectivity index (χ0v) is 10.2. The van der Waals surface area contributed by atoms with Gasteiger partial charge in [-0.05, 0) is 28.1 Å². The second kappa shape index (κ2) is 5.09. The Labute approximate surface area is 105 Å². The molecule has 1 aromatic carbocycles. The lowest BCUT2D eigenvalue weighted by molar-refractivity contribution is 0.0945. The Balaban J connectivity index is 2.07. The predicted octanol–water partition coefficient (Wildman–Crippen LogP) is 2.51. The number of carbonyl (C=O) groups excluding carboxylic acids is 1. The van der Waals surface area contributed by atoms with Crippen molar-refractivity contribution < 1.29 is 13.7 Å². The van der Waals surface area contributed by atoms with Crippen molar-refractivity contribution in [2.45, 2.75) is 6.54 Å². The van der Waals surface area contributed by atoms with Gasteiger partial charge in [0, 0.05) is 6.07 Å². The molecule has 88 valence electrons. The first-order valence-electron chi connectivity index (χ1n) is 4.80. The van der Waals surface area contributed by atoms with Gasteiger partial charge in [0.15, 0.2) is 5.76 Å². The molecule has 1 amide bonds. The summed E-state index contributed by atoms with van der Waals surface area (Å²) in [5, 5.41) is 6.11. The molecule has 2 rings (SSSR count). The van der Waals surface area contributed by atoms with Crippen molar-refractivity contribution in [2.24, 2.45) is 0 Å². The van der Waals surface area contributed by atoms with Crippen molar-refractivity contribution in [3.63, 3.8) is 0 Å². The molecule has 0 bridgehead atoms. The van der Waals surface area contributed by atoms with E-state index in [0.717, 1.165) is 0 Å². The molecule has 1 aromatic heterocycles. The molecule has 0 radical (unpaired) electrons. The topological polar surface area (TPSA) is 55.1 Å². The number of benzene rings is 1.